The van der Waals surface area contributed by atoms with Gasteiger partial charge in [0.05, 0.1) is 26.0 Å². The number of benzene rings is 1. The number of ether oxygens (including phenoxy) is 2. The lowest BCUT2D eigenvalue weighted by atomic mass is 10.2. The minimum Gasteiger partial charge on any atom is -0.497 e. The molecule has 0 aliphatic rings. The Kier molecular flexibility index (Phi) is 3.95. The molecule has 1 aromatic carbocycles. The van der Waals surface area contributed by atoms with Gasteiger partial charge in [-0.15, -0.1) is 0 Å². The van der Waals surface area contributed by atoms with Crippen LogP contribution in [-0.4, -0.2) is 34.9 Å². The number of rotatable bonds is 4. The second-order valence-corrected chi connectivity index (χ2v) is 4.75. The quantitative estimate of drug-likeness (QED) is 0.589. The lowest BCUT2D eigenvalue weighted by Crippen LogP contribution is -2.08. The summed E-state index contributed by atoms with van der Waals surface area (Å²) in [4.78, 5) is 11.3. The molecule has 0 unspecified atom stereocenters. The number of methoxy groups -OCH3 is 2. The molecule has 94 valence electrons. The van der Waals surface area contributed by atoms with Crippen LogP contribution in [0.2, 0.25) is 0 Å². The first kappa shape index (κ1) is 13.3. The van der Waals surface area contributed by atoms with Crippen molar-refractivity contribution in [2.45, 2.75) is 0 Å². The first-order valence-electron chi connectivity index (χ1n) is 4.52. The molecule has 0 spiro atoms. The molecule has 0 saturated carbocycles. The fourth-order valence-corrected chi connectivity index (χ4v) is 1.59. The highest BCUT2D eigenvalue weighted by Crippen LogP contribution is 2.24. The van der Waals surface area contributed by atoms with E-state index in [2.05, 4.69) is 8.92 Å². The van der Waals surface area contributed by atoms with Crippen molar-refractivity contribution in [1.29, 1.82) is 0 Å². The smallest absolute Gasteiger partial charge is 0.338 e. The predicted molar refractivity (Wildman–Crippen MR) is 59.8 cm³/mol. The van der Waals surface area contributed by atoms with E-state index in [-0.39, 0.29) is 11.3 Å². The fourth-order valence-electron chi connectivity index (χ4n) is 1.15. The minimum atomic E-state index is -3.66. The van der Waals surface area contributed by atoms with Crippen LogP contribution in [-0.2, 0) is 14.9 Å². The van der Waals surface area contributed by atoms with Crippen molar-refractivity contribution in [2.75, 3.05) is 20.5 Å². The van der Waals surface area contributed by atoms with Crippen LogP contribution >= 0.6 is 0 Å². The van der Waals surface area contributed by atoms with E-state index in [0.717, 1.165) is 6.26 Å². The average molecular weight is 260 g/mol. The average Bonchev–Trinajstić information content (AvgIpc) is 2.25. The summed E-state index contributed by atoms with van der Waals surface area (Å²) < 4.78 is 36.1. The SMILES string of the molecule is COC(=O)c1cc(OC)cc(OS(C)(=O)=O)c1. The highest BCUT2D eigenvalue weighted by molar-refractivity contribution is 7.86. The Balaban J connectivity index is 3.18. The van der Waals surface area contributed by atoms with Gasteiger partial charge in [0.15, 0.2) is 0 Å². The summed E-state index contributed by atoms with van der Waals surface area (Å²) in [7, 11) is -1.05. The molecule has 0 atom stereocenters. The zero-order valence-corrected chi connectivity index (χ0v) is 10.4. The van der Waals surface area contributed by atoms with Crippen LogP contribution in [0.15, 0.2) is 18.2 Å². The van der Waals surface area contributed by atoms with Gasteiger partial charge < -0.3 is 13.7 Å². The van der Waals surface area contributed by atoms with Gasteiger partial charge >= 0.3 is 16.1 Å². The zero-order valence-electron chi connectivity index (χ0n) is 9.59. The summed E-state index contributed by atoms with van der Waals surface area (Å²) in [5.41, 5.74) is 0.144. The largest absolute Gasteiger partial charge is 0.497 e. The molecular formula is C10H12O6S. The molecule has 0 N–H and O–H groups in total. The Morgan fingerprint density at radius 1 is 1.12 bits per heavy atom. The third-order valence-electron chi connectivity index (χ3n) is 1.78. The molecule has 6 nitrogen and oxygen atoms in total. The van der Waals surface area contributed by atoms with E-state index in [1.54, 1.807) is 0 Å². The molecule has 0 aliphatic heterocycles. The molecular weight excluding hydrogens is 248 g/mol. The molecule has 1 rings (SSSR count). The van der Waals surface area contributed by atoms with E-state index in [1.165, 1.54) is 32.4 Å². The molecule has 7 heteroatoms. The maximum Gasteiger partial charge on any atom is 0.338 e. The van der Waals surface area contributed by atoms with Crippen LogP contribution in [0.25, 0.3) is 0 Å². The molecule has 0 aliphatic carbocycles. The minimum absolute atomic E-state index is 0.00718. The first-order chi connectivity index (χ1) is 7.85. The van der Waals surface area contributed by atoms with Crippen molar-refractivity contribution >= 4 is 16.1 Å². The summed E-state index contributed by atoms with van der Waals surface area (Å²) >= 11 is 0. The van der Waals surface area contributed by atoms with Gasteiger partial charge in [0, 0.05) is 6.07 Å². The Bertz CT molecular complexity index is 520. The molecule has 0 saturated heterocycles. The van der Waals surface area contributed by atoms with Crippen LogP contribution in [0, 0.1) is 0 Å². The maximum atomic E-state index is 11.3. The number of carbonyl (C=O) groups excluding carboxylic acids is 1. The number of hydrogen-bond donors (Lipinski definition) is 0. The third kappa shape index (κ3) is 3.95. The third-order valence-corrected chi connectivity index (χ3v) is 2.28. The summed E-state index contributed by atoms with van der Waals surface area (Å²) in [5.74, 6) is -0.318. The normalized spacial score (nSPS) is 10.8. The topological polar surface area (TPSA) is 78.9 Å². The number of esters is 1. The van der Waals surface area contributed by atoms with Gasteiger partial charge in [-0.3, -0.25) is 0 Å². The maximum absolute atomic E-state index is 11.3. The van der Waals surface area contributed by atoms with E-state index < -0.39 is 16.1 Å². The standard InChI is InChI=1S/C10H12O6S/c1-14-8-4-7(10(11)15-2)5-9(6-8)16-17(3,12)13/h4-6H,1-3H3. The zero-order chi connectivity index (χ0) is 13.1. The predicted octanol–water partition coefficient (Wildman–Crippen LogP) is 0.820. The summed E-state index contributed by atoms with van der Waals surface area (Å²) in [6, 6.07) is 4.03. The second-order valence-electron chi connectivity index (χ2n) is 3.18. The number of carbonyl (C=O) groups is 1. The monoisotopic (exact) mass is 260 g/mol. The van der Waals surface area contributed by atoms with Crippen LogP contribution in [0.3, 0.4) is 0 Å². The van der Waals surface area contributed by atoms with Gasteiger partial charge in [-0.05, 0) is 12.1 Å². The van der Waals surface area contributed by atoms with Gasteiger partial charge in [0.1, 0.15) is 11.5 Å². The van der Waals surface area contributed by atoms with Crippen molar-refractivity contribution in [3.05, 3.63) is 23.8 Å². The summed E-state index contributed by atoms with van der Waals surface area (Å²) in [6.45, 7) is 0. The first-order valence-corrected chi connectivity index (χ1v) is 6.34. The van der Waals surface area contributed by atoms with Gasteiger partial charge in [0.2, 0.25) is 0 Å². The molecule has 0 fully saturated rings. The van der Waals surface area contributed by atoms with Crippen molar-refractivity contribution in [3.8, 4) is 11.5 Å². The van der Waals surface area contributed by atoms with Gasteiger partial charge in [-0.25, -0.2) is 4.79 Å². The lowest BCUT2D eigenvalue weighted by Gasteiger charge is -2.08. The summed E-state index contributed by atoms with van der Waals surface area (Å²) in [6.07, 6.45) is 0.907. The van der Waals surface area contributed by atoms with E-state index in [0.29, 0.717) is 5.75 Å². The molecule has 0 radical (unpaired) electrons. The molecule has 1 aromatic rings. The van der Waals surface area contributed by atoms with Crippen LogP contribution in [0.4, 0.5) is 0 Å². The van der Waals surface area contributed by atoms with Gasteiger partial charge in [0.25, 0.3) is 0 Å². The van der Waals surface area contributed by atoms with E-state index in [9.17, 15) is 13.2 Å². The highest BCUT2D eigenvalue weighted by Gasteiger charge is 2.12. The van der Waals surface area contributed by atoms with E-state index in [4.69, 9.17) is 4.74 Å². The molecule has 17 heavy (non-hydrogen) atoms. The van der Waals surface area contributed by atoms with E-state index >= 15 is 0 Å². The summed E-state index contributed by atoms with van der Waals surface area (Å²) in [5, 5.41) is 0. The Morgan fingerprint density at radius 3 is 2.18 bits per heavy atom. The molecule has 0 amide bonds. The lowest BCUT2D eigenvalue weighted by molar-refractivity contribution is 0.0600. The molecule has 0 aromatic heterocycles. The van der Waals surface area contributed by atoms with Crippen molar-refractivity contribution in [1.82, 2.24) is 0 Å². The van der Waals surface area contributed by atoms with Crippen LogP contribution in [0.1, 0.15) is 10.4 Å². The van der Waals surface area contributed by atoms with Gasteiger partial charge in [-0.2, -0.15) is 8.42 Å². The Morgan fingerprint density at radius 2 is 1.71 bits per heavy atom. The molecule has 0 heterocycles. The van der Waals surface area contributed by atoms with Crippen LogP contribution < -0.4 is 8.92 Å². The molecule has 0 bridgehead atoms. The van der Waals surface area contributed by atoms with Crippen molar-refractivity contribution in [2.24, 2.45) is 0 Å². The van der Waals surface area contributed by atoms with Crippen LogP contribution in [0.5, 0.6) is 11.5 Å². The van der Waals surface area contributed by atoms with E-state index in [1.807, 2.05) is 0 Å². The van der Waals surface area contributed by atoms with Crippen molar-refractivity contribution < 1.29 is 26.9 Å². The Hall–Kier alpha value is -1.76. The highest BCUT2D eigenvalue weighted by atomic mass is 32.2. The van der Waals surface area contributed by atoms with Gasteiger partial charge in [-0.1, -0.05) is 0 Å². The fraction of sp³-hybridized carbons (Fsp3) is 0.300. The second kappa shape index (κ2) is 5.05. The number of hydrogen-bond acceptors (Lipinski definition) is 6. The van der Waals surface area contributed by atoms with Crippen molar-refractivity contribution in [3.63, 3.8) is 0 Å². The Labute approximate surface area is 99.2 Å².